The van der Waals surface area contributed by atoms with E-state index in [0.717, 1.165) is 0 Å². The molecule has 0 unspecified atom stereocenters. The second-order valence-corrected chi connectivity index (χ2v) is 4.88. The van der Waals surface area contributed by atoms with Gasteiger partial charge in [0, 0.05) is 6.20 Å². The number of carbonyl (C=O) groups excluding carboxylic acids is 1. The number of nitrogens with zero attached hydrogens (tertiary/aromatic N) is 1. The molecule has 0 spiro atoms. The molecule has 0 saturated carbocycles. The third-order valence-corrected chi connectivity index (χ3v) is 3.32. The Balaban J connectivity index is 2.15. The lowest BCUT2D eigenvalue weighted by molar-refractivity contribution is 0.0935. The highest BCUT2D eigenvalue weighted by Gasteiger charge is 2.17. The summed E-state index contributed by atoms with van der Waals surface area (Å²) in [6.45, 7) is 4.01. The largest absolute Gasteiger partial charge is 0.494 e. The monoisotopic (exact) mass is 318 g/mol. The van der Waals surface area contributed by atoms with Gasteiger partial charge in [-0.15, -0.1) is 0 Å². The summed E-state index contributed by atoms with van der Waals surface area (Å²) in [6.07, 6.45) is 1.56. The maximum absolute atomic E-state index is 13.8. The zero-order chi connectivity index (χ0) is 16.8. The van der Waals surface area contributed by atoms with Crippen LogP contribution < -0.4 is 14.8 Å². The van der Waals surface area contributed by atoms with Crippen LogP contribution in [0.25, 0.3) is 0 Å². The van der Waals surface area contributed by atoms with Crippen LogP contribution in [0.4, 0.5) is 4.39 Å². The molecule has 23 heavy (non-hydrogen) atoms. The summed E-state index contributed by atoms with van der Waals surface area (Å²) in [6, 6.07) is 7.50. The Bertz CT molecular complexity index is 691. The molecule has 1 aromatic heterocycles. The zero-order valence-electron chi connectivity index (χ0n) is 13.3. The lowest BCUT2D eigenvalue weighted by Crippen LogP contribution is -2.27. The molecule has 6 heteroatoms. The van der Waals surface area contributed by atoms with Gasteiger partial charge in [0.05, 0.1) is 19.8 Å². The fourth-order valence-electron chi connectivity index (χ4n) is 2.13. The predicted octanol–water partition coefficient (Wildman–Crippen LogP) is 3.12. The number of hydrogen-bond acceptors (Lipinski definition) is 4. The van der Waals surface area contributed by atoms with E-state index in [9.17, 15) is 9.18 Å². The van der Waals surface area contributed by atoms with Crippen molar-refractivity contribution in [3.63, 3.8) is 0 Å². The highest BCUT2D eigenvalue weighted by Crippen LogP contribution is 2.22. The molecule has 0 fully saturated rings. The van der Waals surface area contributed by atoms with Crippen LogP contribution in [0.5, 0.6) is 11.6 Å². The SMILES string of the molecule is CCOc1ncccc1C(=O)N[C@@H](C)c1ccc(OC)c(F)c1. The molecule has 0 aliphatic rings. The summed E-state index contributed by atoms with van der Waals surface area (Å²) >= 11 is 0. The molecular formula is C17H19FN2O3. The van der Waals surface area contributed by atoms with Crippen molar-refractivity contribution < 1.29 is 18.7 Å². The maximum Gasteiger partial charge on any atom is 0.257 e. The molecule has 0 radical (unpaired) electrons. The molecule has 1 N–H and O–H groups in total. The Labute approximate surface area is 134 Å². The molecule has 1 heterocycles. The molecule has 1 amide bonds. The number of ether oxygens (including phenoxy) is 2. The van der Waals surface area contributed by atoms with Crippen LogP contribution in [0.3, 0.4) is 0 Å². The van der Waals surface area contributed by atoms with Crippen molar-refractivity contribution >= 4 is 5.91 Å². The van der Waals surface area contributed by atoms with Crippen molar-refractivity contribution in [1.82, 2.24) is 10.3 Å². The van der Waals surface area contributed by atoms with Gasteiger partial charge >= 0.3 is 0 Å². The van der Waals surface area contributed by atoms with E-state index in [-0.39, 0.29) is 23.6 Å². The van der Waals surface area contributed by atoms with Gasteiger partial charge in [-0.25, -0.2) is 9.37 Å². The minimum Gasteiger partial charge on any atom is -0.494 e. The van der Waals surface area contributed by atoms with Gasteiger partial charge in [-0.2, -0.15) is 0 Å². The summed E-state index contributed by atoms with van der Waals surface area (Å²) < 4.78 is 24.0. The minimum atomic E-state index is -0.470. The molecule has 5 nitrogen and oxygen atoms in total. The van der Waals surface area contributed by atoms with E-state index in [4.69, 9.17) is 9.47 Å². The Morgan fingerprint density at radius 1 is 1.39 bits per heavy atom. The van der Waals surface area contributed by atoms with Gasteiger partial charge in [-0.05, 0) is 43.7 Å². The Morgan fingerprint density at radius 2 is 2.17 bits per heavy atom. The molecule has 1 atom stereocenters. The number of benzene rings is 1. The van der Waals surface area contributed by atoms with Crippen molar-refractivity contribution in [2.75, 3.05) is 13.7 Å². The van der Waals surface area contributed by atoms with Crippen molar-refractivity contribution in [2.24, 2.45) is 0 Å². The zero-order valence-corrected chi connectivity index (χ0v) is 13.3. The quantitative estimate of drug-likeness (QED) is 0.889. The average Bonchev–Trinajstić information content (AvgIpc) is 2.55. The third kappa shape index (κ3) is 3.97. The van der Waals surface area contributed by atoms with E-state index in [2.05, 4.69) is 10.3 Å². The Kier molecular flexibility index (Phi) is 5.51. The van der Waals surface area contributed by atoms with Crippen LogP contribution in [0, 0.1) is 5.82 Å². The number of pyridine rings is 1. The fourth-order valence-corrected chi connectivity index (χ4v) is 2.13. The first kappa shape index (κ1) is 16.7. The lowest BCUT2D eigenvalue weighted by Gasteiger charge is -2.16. The number of carbonyl (C=O) groups is 1. The first-order chi connectivity index (χ1) is 11.1. The molecule has 0 bridgehead atoms. The predicted molar refractivity (Wildman–Crippen MR) is 84.2 cm³/mol. The molecule has 2 aromatic rings. The van der Waals surface area contributed by atoms with E-state index < -0.39 is 5.82 Å². The molecule has 2 rings (SSSR count). The average molecular weight is 318 g/mol. The van der Waals surface area contributed by atoms with Gasteiger partial charge in [0.2, 0.25) is 5.88 Å². The Morgan fingerprint density at radius 3 is 2.83 bits per heavy atom. The van der Waals surface area contributed by atoms with E-state index in [1.54, 1.807) is 31.3 Å². The van der Waals surface area contributed by atoms with Gasteiger partial charge < -0.3 is 14.8 Å². The van der Waals surface area contributed by atoms with Crippen molar-refractivity contribution in [3.8, 4) is 11.6 Å². The highest BCUT2D eigenvalue weighted by atomic mass is 19.1. The van der Waals surface area contributed by atoms with Crippen LogP contribution in [0.15, 0.2) is 36.5 Å². The van der Waals surface area contributed by atoms with E-state index in [1.165, 1.54) is 19.2 Å². The smallest absolute Gasteiger partial charge is 0.257 e. The lowest BCUT2D eigenvalue weighted by atomic mass is 10.1. The van der Waals surface area contributed by atoms with Crippen molar-refractivity contribution in [2.45, 2.75) is 19.9 Å². The van der Waals surface area contributed by atoms with Gasteiger partial charge in [0.1, 0.15) is 5.56 Å². The molecule has 1 aromatic carbocycles. The van der Waals surface area contributed by atoms with Gasteiger partial charge in [0.15, 0.2) is 11.6 Å². The molecular weight excluding hydrogens is 299 g/mol. The second kappa shape index (κ2) is 7.58. The third-order valence-electron chi connectivity index (χ3n) is 3.32. The fraction of sp³-hybridized carbons (Fsp3) is 0.294. The van der Waals surface area contributed by atoms with Crippen LogP contribution in [-0.2, 0) is 0 Å². The number of amides is 1. The first-order valence-electron chi connectivity index (χ1n) is 7.29. The summed E-state index contributed by atoms with van der Waals surface area (Å²) in [5, 5.41) is 2.81. The summed E-state index contributed by atoms with van der Waals surface area (Å²) in [5.41, 5.74) is 0.980. The number of hydrogen-bond donors (Lipinski definition) is 1. The minimum absolute atomic E-state index is 0.165. The van der Waals surface area contributed by atoms with Crippen LogP contribution in [0.2, 0.25) is 0 Å². The molecule has 0 saturated heterocycles. The number of nitrogens with one attached hydrogen (secondary N) is 1. The van der Waals surface area contributed by atoms with Crippen molar-refractivity contribution in [3.05, 3.63) is 53.5 Å². The summed E-state index contributed by atoms with van der Waals surface area (Å²) in [7, 11) is 1.40. The van der Waals surface area contributed by atoms with Crippen LogP contribution in [0.1, 0.15) is 35.8 Å². The standard InChI is InChI=1S/C17H19FN2O3/c1-4-23-17-13(6-5-9-19-17)16(21)20-11(2)12-7-8-15(22-3)14(18)10-12/h5-11H,4H2,1-3H3,(H,20,21)/t11-/m0/s1. The number of halogens is 1. The van der Waals surface area contributed by atoms with E-state index in [0.29, 0.717) is 17.7 Å². The van der Waals surface area contributed by atoms with E-state index in [1.807, 2.05) is 6.92 Å². The number of aromatic nitrogens is 1. The second-order valence-electron chi connectivity index (χ2n) is 4.88. The highest BCUT2D eigenvalue weighted by molar-refractivity contribution is 5.96. The topological polar surface area (TPSA) is 60.5 Å². The molecule has 122 valence electrons. The van der Waals surface area contributed by atoms with Crippen molar-refractivity contribution in [1.29, 1.82) is 0 Å². The van der Waals surface area contributed by atoms with Gasteiger partial charge in [-0.3, -0.25) is 4.79 Å². The summed E-state index contributed by atoms with van der Waals surface area (Å²) in [5.74, 6) is -0.355. The summed E-state index contributed by atoms with van der Waals surface area (Å²) in [4.78, 5) is 16.4. The maximum atomic E-state index is 13.8. The molecule has 0 aliphatic carbocycles. The van der Waals surface area contributed by atoms with Gasteiger partial charge in [-0.1, -0.05) is 6.07 Å². The molecule has 0 aliphatic heterocycles. The van der Waals surface area contributed by atoms with Gasteiger partial charge in [0.25, 0.3) is 5.91 Å². The van der Waals surface area contributed by atoms with E-state index >= 15 is 0 Å². The van der Waals surface area contributed by atoms with Crippen LogP contribution in [-0.4, -0.2) is 24.6 Å². The first-order valence-corrected chi connectivity index (χ1v) is 7.29. The number of rotatable bonds is 6. The number of methoxy groups -OCH3 is 1. The Hall–Kier alpha value is -2.63. The van der Waals surface area contributed by atoms with Crippen LogP contribution >= 0.6 is 0 Å². The normalized spacial score (nSPS) is 11.7.